The standard InChI is InChI=1S/C14H21N3O4S/c1-21-13-4-3-11(22(15,19)20)8-12(13)17-14(18)5-2-10-6-7-16-9-10/h3-4,8,10,16H,2,5-7,9H2,1H3,(H,17,18)(H2,15,19,20). The molecule has 1 aliphatic heterocycles. The lowest BCUT2D eigenvalue weighted by atomic mass is 10.0. The minimum Gasteiger partial charge on any atom is -0.495 e. The van der Waals surface area contributed by atoms with E-state index in [1.165, 1.54) is 25.3 Å². The van der Waals surface area contributed by atoms with Crippen molar-refractivity contribution in [3.63, 3.8) is 0 Å². The van der Waals surface area contributed by atoms with Crippen LogP contribution in [-0.4, -0.2) is 34.5 Å². The number of hydrogen-bond donors (Lipinski definition) is 3. The van der Waals surface area contributed by atoms with Gasteiger partial charge in [0.1, 0.15) is 5.75 Å². The number of methoxy groups -OCH3 is 1. The van der Waals surface area contributed by atoms with E-state index in [0.717, 1.165) is 25.9 Å². The summed E-state index contributed by atoms with van der Waals surface area (Å²) in [5.74, 6) is 0.739. The Hall–Kier alpha value is -1.64. The quantitative estimate of drug-likeness (QED) is 0.711. The average molecular weight is 327 g/mol. The fraction of sp³-hybridized carbons (Fsp3) is 0.500. The maximum absolute atomic E-state index is 12.0. The number of rotatable bonds is 6. The number of amides is 1. The average Bonchev–Trinajstić information content (AvgIpc) is 2.97. The summed E-state index contributed by atoms with van der Waals surface area (Å²) in [4.78, 5) is 12.0. The van der Waals surface area contributed by atoms with Gasteiger partial charge in [0.15, 0.2) is 0 Å². The summed E-state index contributed by atoms with van der Waals surface area (Å²) in [5, 5.41) is 11.1. The first-order chi connectivity index (χ1) is 10.4. The number of nitrogens with two attached hydrogens (primary N) is 1. The monoisotopic (exact) mass is 327 g/mol. The Balaban J connectivity index is 2.04. The predicted molar refractivity (Wildman–Crippen MR) is 83.2 cm³/mol. The first kappa shape index (κ1) is 16.7. The Morgan fingerprint density at radius 3 is 2.86 bits per heavy atom. The van der Waals surface area contributed by atoms with Crippen molar-refractivity contribution in [1.82, 2.24) is 5.32 Å². The van der Waals surface area contributed by atoms with Gasteiger partial charge in [0.2, 0.25) is 15.9 Å². The lowest BCUT2D eigenvalue weighted by Gasteiger charge is -2.12. The van der Waals surface area contributed by atoms with Crippen LogP contribution in [0.5, 0.6) is 5.75 Å². The summed E-state index contributed by atoms with van der Waals surface area (Å²) in [6.45, 7) is 1.94. The molecule has 0 aromatic heterocycles. The van der Waals surface area contributed by atoms with E-state index in [4.69, 9.17) is 9.88 Å². The first-order valence-corrected chi connectivity index (χ1v) is 8.66. The van der Waals surface area contributed by atoms with Crippen molar-refractivity contribution in [2.75, 3.05) is 25.5 Å². The smallest absolute Gasteiger partial charge is 0.238 e. The van der Waals surface area contributed by atoms with Crippen molar-refractivity contribution in [3.8, 4) is 5.75 Å². The summed E-state index contributed by atoms with van der Waals surface area (Å²) >= 11 is 0. The molecule has 1 aromatic carbocycles. The molecule has 1 unspecified atom stereocenters. The van der Waals surface area contributed by atoms with E-state index < -0.39 is 10.0 Å². The number of nitrogens with one attached hydrogen (secondary N) is 2. The normalized spacial score (nSPS) is 18.2. The van der Waals surface area contributed by atoms with Crippen LogP contribution in [-0.2, 0) is 14.8 Å². The second kappa shape index (κ2) is 7.08. The maximum atomic E-state index is 12.0. The van der Waals surface area contributed by atoms with Crippen molar-refractivity contribution in [3.05, 3.63) is 18.2 Å². The Kier molecular flexibility index (Phi) is 5.38. The molecule has 122 valence electrons. The molecule has 0 saturated carbocycles. The zero-order chi connectivity index (χ0) is 16.2. The molecule has 1 amide bonds. The molecule has 1 fully saturated rings. The van der Waals surface area contributed by atoms with Crippen molar-refractivity contribution in [1.29, 1.82) is 0 Å². The molecule has 1 heterocycles. The van der Waals surface area contributed by atoms with Crippen LogP contribution in [0, 0.1) is 5.92 Å². The van der Waals surface area contributed by atoms with Gasteiger partial charge in [-0.1, -0.05) is 0 Å². The summed E-state index contributed by atoms with van der Waals surface area (Å²) in [6, 6.07) is 4.12. The second-order valence-electron chi connectivity index (χ2n) is 5.35. The largest absolute Gasteiger partial charge is 0.495 e. The van der Waals surface area contributed by atoms with Crippen LogP contribution in [0.1, 0.15) is 19.3 Å². The molecule has 8 heteroatoms. The third-order valence-electron chi connectivity index (χ3n) is 3.72. The summed E-state index contributed by atoms with van der Waals surface area (Å²) < 4.78 is 27.9. The highest BCUT2D eigenvalue weighted by Crippen LogP contribution is 2.27. The van der Waals surface area contributed by atoms with Crippen LogP contribution in [0.4, 0.5) is 5.69 Å². The van der Waals surface area contributed by atoms with Crippen LogP contribution in [0.25, 0.3) is 0 Å². The van der Waals surface area contributed by atoms with Crippen LogP contribution < -0.4 is 20.5 Å². The summed E-state index contributed by atoms with van der Waals surface area (Å²) in [5.41, 5.74) is 0.309. The number of benzene rings is 1. The molecule has 22 heavy (non-hydrogen) atoms. The molecule has 2 rings (SSSR count). The molecular formula is C14H21N3O4S. The number of carbonyl (C=O) groups excluding carboxylic acids is 1. The van der Waals surface area contributed by atoms with Gasteiger partial charge in [-0.2, -0.15) is 0 Å². The third kappa shape index (κ3) is 4.43. The van der Waals surface area contributed by atoms with Crippen LogP contribution in [0.15, 0.2) is 23.1 Å². The highest BCUT2D eigenvalue weighted by molar-refractivity contribution is 7.89. The van der Waals surface area contributed by atoms with E-state index >= 15 is 0 Å². The van der Waals surface area contributed by atoms with E-state index in [9.17, 15) is 13.2 Å². The van der Waals surface area contributed by atoms with Gasteiger partial charge in [-0.15, -0.1) is 0 Å². The van der Waals surface area contributed by atoms with Crippen LogP contribution >= 0.6 is 0 Å². The lowest BCUT2D eigenvalue weighted by Crippen LogP contribution is -2.17. The second-order valence-corrected chi connectivity index (χ2v) is 6.91. The zero-order valence-electron chi connectivity index (χ0n) is 12.5. The van der Waals surface area contributed by atoms with E-state index in [-0.39, 0.29) is 10.8 Å². The fourth-order valence-corrected chi connectivity index (χ4v) is 3.01. The van der Waals surface area contributed by atoms with Gasteiger partial charge in [0, 0.05) is 6.42 Å². The van der Waals surface area contributed by atoms with Crippen LogP contribution in [0.2, 0.25) is 0 Å². The molecule has 1 atom stereocenters. The first-order valence-electron chi connectivity index (χ1n) is 7.11. The summed E-state index contributed by atoms with van der Waals surface area (Å²) in [6.07, 6.45) is 2.27. The maximum Gasteiger partial charge on any atom is 0.238 e. The number of anilines is 1. The molecule has 0 radical (unpaired) electrons. The number of sulfonamides is 1. The Bertz CT molecular complexity index is 639. The van der Waals surface area contributed by atoms with Crippen molar-refractivity contribution in [2.45, 2.75) is 24.2 Å². The summed E-state index contributed by atoms with van der Waals surface area (Å²) in [7, 11) is -2.38. The van der Waals surface area contributed by atoms with Crippen molar-refractivity contribution >= 4 is 21.6 Å². The van der Waals surface area contributed by atoms with E-state index in [0.29, 0.717) is 23.8 Å². The molecule has 1 aromatic rings. The minimum absolute atomic E-state index is 0.0661. The van der Waals surface area contributed by atoms with Crippen molar-refractivity contribution < 1.29 is 17.9 Å². The van der Waals surface area contributed by atoms with Crippen LogP contribution in [0.3, 0.4) is 0 Å². The van der Waals surface area contributed by atoms with Crippen molar-refractivity contribution in [2.24, 2.45) is 11.1 Å². The number of primary sulfonamides is 1. The minimum atomic E-state index is -3.83. The van der Waals surface area contributed by atoms with Gasteiger partial charge >= 0.3 is 0 Å². The zero-order valence-corrected chi connectivity index (χ0v) is 13.3. The van der Waals surface area contributed by atoms with Gasteiger partial charge in [0.05, 0.1) is 17.7 Å². The lowest BCUT2D eigenvalue weighted by molar-refractivity contribution is -0.116. The highest BCUT2D eigenvalue weighted by atomic mass is 32.2. The molecule has 0 spiro atoms. The fourth-order valence-electron chi connectivity index (χ4n) is 2.47. The topological polar surface area (TPSA) is 111 Å². The van der Waals surface area contributed by atoms with E-state index in [1.807, 2.05) is 0 Å². The third-order valence-corrected chi connectivity index (χ3v) is 4.63. The molecule has 0 bridgehead atoms. The van der Waals surface area contributed by atoms with E-state index in [2.05, 4.69) is 10.6 Å². The molecule has 4 N–H and O–H groups in total. The number of hydrogen-bond acceptors (Lipinski definition) is 5. The van der Waals surface area contributed by atoms with Gasteiger partial charge in [-0.25, -0.2) is 13.6 Å². The molecule has 7 nitrogen and oxygen atoms in total. The highest BCUT2D eigenvalue weighted by Gasteiger charge is 2.17. The van der Waals surface area contributed by atoms with Gasteiger partial charge in [-0.3, -0.25) is 4.79 Å². The Morgan fingerprint density at radius 1 is 1.50 bits per heavy atom. The molecule has 0 aliphatic carbocycles. The molecular weight excluding hydrogens is 306 g/mol. The molecule has 1 saturated heterocycles. The van der Waals surface area contributed by atoms with Gasteiger partial charge in [-0.05, 0) is 50.0 Å². The number of carbonyl (C=O) groups is 1. The SMILES string of the molecule is COc1ccc(S(N)(=O)=O)cc1NC(=O)CCC1CCNC1. The number of ether oxygens (including phenoxy) is 1. The van der Waals surface area contributed by atoms with Gasteiger partial charge < -0.3 is 15.4 Å². The molecule has 1 aliphatic rings. The predicted octanol–water partition coefficient (Wildman–Crippen LogP) is 0.671. The Morgan fingerprint density at radius 2 is 2.27 bits per heavy atom. The van der Waals surface area contributed by atoms with E-state index in [1.54, 1.807) is 0 Å². The Labute approximate surface area is 130 Å². The van der Waals surface area contributed by atoms with Gasteiger partial charge in [0.25, 0.3) is 0 Å².